The summed E-state index contributed by atoms with van der Waals surface area (Å²) in [5.74, 6) is -0.828. The molecule has 0 aliphatic carbocycles. The Labute approximate surface area is 87.8 Å². The normalized spacial score (nSPS) is 11.6. The van der Waals surface area contributed by atoms with Crippen molar-refractivity contribution in [1.29, 1.82) is 0 Å². The van der Waals surface area contributed by atoms with Crippen LogP contribution in [-0.4, -0.2) is 25.9 Å². The van der Waals surface area contributed by atoms with Crippen molar-refractivity contribution in [2.45, 2.75) is 6.54 Å². The van der Waals surface area contributed by atoms with E-state index in [0.717, 1.165) is 0 Å². The summed E-state index contributed by atoms with van der Waals surface area (Å²) in [6.45, 7) is -0.554. The van der Waals surface area contributed by atoms with Gasteiger partial charge in [-0.05, 0) is 6.07 Å². The fraction of sp³-hybridized carbons (Fsp3) is 0.333. The first-order valence-electron chi connectivity index (χ1n) is 4.37. The standard InChI is InChI=1S/C9H12FNO3S/c10-9-4-2-1-3-8(9)7-11-15(13,14)6-5-12/h1-4,11-12H,5-7H2. The molecule has 0 spiro atoms. The number of hydrogen-bond acceptors (Lipinski definition) is 3. The Hall–Kier alpha value is -0.980. The number of benzene rings is 1. The van der Waals surface area contributed by atoms with Crippen LogP contribution in [0.1, 0.15) is 5.56 Å². The minimum Gasteiger partial charge on any atom is -0.395 e. The zero-order chi connectivity index (χ0) is 11.3. The van der Waals surface area contributed by atoms with Crippen molar-refractivity contribution >= 4 is 10.0 Å². The van der Waals surface area contributed by atoms with Crippen molar-refractivity contribution in [3.05, 3.63) is 35.6 Å². The van der Waals surface area contributed by atoms with Crippen LogP contribution in [0, 0.1) is 5.82 Å². The van der Waals surface area contributed by atoms with Gasteiger partial charge in [0.1, 0.15) is 5.82 Å². The quantitative estimate of drug-likeness (QED) is 0.765. The molecule has 1 aromatic carbocycles. The van der Waals surface area contributed by atoms with Gasteiger partial charge in [-0.2, -0.15) is 0 Å². The molecule has 0 atom stereocenters. The number of halogens is 1. The summed E-state index contributed by atoms with van der Waals surface area (Å²) >= 11 is 0. The van der Waals surface area contributed by atoms with E-state index >= 15 is 0 Å². The number of aliphatic hydroxyl groups is 1. The van der Waals surface area contributed by atoms with E-state index in [4.69, 9.17) is 5.11 Å². The average Bonchev–Trinajstić information content (AvgIpc) is 2.16. The van der Waals surface area contributed by atoms with Crippen LogP contribution in [-0.2, 0) is 16.6 Å². The lowest BCUT2D eigenvalue weighted by molar-refractivity contribution is 0.319. The zero-order valence-electron chi connectivity index (χ0n) is 7.98. The molecule has 6 heteroatoms. The maximum atomic E-state index is 13.1. The molecule has 0 amide bonds. The lowest BCUT2D eigenvalue weighted by atomic mass is 10.2. The highest BCUT2D eigenvalue weighted by molar-refractivity contribution is 7.89. The topological polar surface area (TPSA) is 66.4 Å². The fourth-order valence-corrected chi connectivity index (χ4v) is 1.78. The summed E-state index contributed by atoms with van der Waals surface area (Å²) in [4.78, 5) is 0. The molecule has 0 aromatic heterocycles. The number of aliphatic hydroxyl groups excluding tert-OH is 1. The van der Waals surface area contributed by atoms with Gasteiger partial charge in [0.05, 0.1) is 12.4 Å². The second-order valence-corrected chi connectivity index (χ2v) is 4.88. The summed E-state index contributed by atoms with van der Waals surface area (Å²) < 4.78 is 37.5. The Morgan fingerprint density at radius 2 is 2.00 bits per heavy atom. The maximum absolute atomic E-state index is 13.1. The molecule has 0 aliphatic rings. The highest BCUT2D eigenvalue weighted by atomic mass is 32.2. The largest absolute Gasteiger partial charge is 0.395 e. The van der Waals surface area contributed by atoms with Crippen molar-refractivity contribution in [2.75, 3.05) is 12.4 Å². The van der Waals surface area contributed by atoms with Crippen LogP contribution >= 0.6 is 0 Å². The van der Waals surface area contributed by atoms with Gasteiger partial charge < -0.3 is 5.11 Å². The number of sulfonamides is 1. The Balaban J connectivity index is 2.62. The molecule has 2 N–H and O–H groups in total. The Kier molecular flexibility index (Phi) is 4.19. The van der Waals surface area contributed by atoms with Crippen LogP contribution in [0.3, 0.4) is 0 Å². The smallest absolute Gasteiger partial charge is 0.214 e. The maximum Gasteiger partial charge on any atom is 0.214 e. The average molecular weight is 233 g/mol. The second kappa shape index (κ2) is 5.20. The molecule has 0 saturated heterocycles. The first-order chi connectivity index (χ1) is 7.05. The van der Waals surface area contributed by atoms with Crippen molar-refractivity contribution in [2.24, 2.45) is 0 Å². The van der Waals surface area contributed by atoms with Crippen molar-refractivity contribution in [3.63, 3.8) is 0 Å². The molecule has 0 saturated carbocycles. The highest BCUT2D eigenvalue weighted by Gasteiger charge is 2.09. The molecule has 0 aliphatic heterocycles. The van der Waals surface area contributed by atoms with Crippen LogP contribution in [0.15, 0.2) is 24.3 Å². The molecule has 4 nitrogen and oxygen atoms in total. The monoisotopic (exact) mass is 233 g/mol. The van der Waals surface area contributed by atoms with E-state index in [-0.39, 0.29) is 17.9 Å². The lowest BCUT2D eigenvalue weighted by Gasteiger charge is -2.05. The van der Waals surface area contributed by atoms with Crippen molar-refractivity contribution < 1.29 is 17.9 Å². The van der Waals surface area contributed by atoms with Crippen LogP contribution < -0.4 is 4.72 Å². The molecule has 15 heavy (non-hydrogen) atoms. The summed E-state index contributed by atoms with van der Waals surface area (Å²) in [6.07, 6.45) is 0. The van der Waals surface area contributed by atoms with E-state index in [2.05, 4.69) is 4.72 Å². The minimum absolute atomic E-state index is 0.102. The van der Waals surface area contributed by atoms with E-state index in [1.807, 2.05) is 0 Å². The van der Waals surface area contributed by atoms with Gasteiger partial charge in [0.2, 0.25) is 10.0 Å². The fourth-order valence-electron chi connectivity index (χ4n) is 1.02. The Morgan fingerprint density at radius 1 is 1.33 bits per heavy atom. The Morgan fingerprint density at radius 3 is 2.60 bits per heavy atom. The second-order valence-electron chi connectivity index (χ2n) is 2.96. The number of nitrogens with one attached hydrogen (secondary N) is 1. The SMILES string of the molecule is O=S(=O)(CCO)NCc1ccccc1F. The van der Waals surface area contributed by atoms with Gasteiger partial charge in [0, 0.05) is 12.1 Å². The minimum atomic E-state index is -3.51. The van der Waals surface area contributed by atoms with Crippen LogP contribution in [0.25, 0.3) is 0 Å². The molecule has 0 fully saturated rings. The summed E-state index contributed by atoms with van der Waals surface area (Å²) in [5, 5.41) is 8.46. The third-order valence-electron chi connectivity index (χ3n) is 1.80. The molecule has 0 heterocycles. The van der Waals surface area contributed by atoms with Gasteiger partial charge >= 0.3 is 0 Å². The van der Waals surface area contributed by atoms with E-state index in [1.165, 1.54) is 18.2 Å². The lowest BCUT2D eigenvalue weighted by Crippen LogP contribution is -2.27. The van der Waals surface area contributed by atoms with Gasteiger partial charge in [-0.3, -0.25) is 0 Å². The predicted molar refractivity (Wildman–Crippen MR) is 54.1 cm³/mol. The molecular weight excluding hydrogens is 221 g/mol. The van der Waals surface area contributed by atoms with Crippen molar-refractivity contribution in [1.82, 2.24) is 4.72 Å². The molecule has 84 valence electrons. The third-order valence-corrected chi connectivity index (χ3v) is 3.10. The van der Waals surface area contributed by atoms with Gasteiger partial charge in [-0.15, -0.1) is 0 Å². The van der Waals surface area contributed by atoms with Gasteiger partial charge in [-0.1, -0.05) is 18.2 Å². The van der Waals surface area contributed by atoms with E-state index in [9.17, 15) is 12.8 Å². The first kappa shape index (κ1) is 12.1. The van der Waals surface area contributed by atoms with E-state index in [1.54, 1.807) is 6.07 Å². The summed E-state index contributed by atoms with van der Waals surface area (Å²) in [6, 6.07) is 5.91. The van der Waals surface area contributed by atoms with Crippen LogP contribution in [0.2, 0.25) is 0 Å². The molecule has 0 unspecified atom stereocenters. The van der Waals surface area contributed by atoms with Gasteiger partial charge in [-0.25, -0.2) is 17.5 Å². The van der Waals surface area contributed by atoms with Crippen LogP contribution in [0.5, 0.6) is 0 Å². The zero-order valence-corrected chi connectivity index (χ0v) is 8.80. The first-order valence-corrected chi connectivity index (χ1v) is 6.02. The predicted octanol–water partition coefficient (Wildman–Crippen LogP) is 0.237. The van der Waals surface area contributed by atoms with Gasteiger partial charge in [0.15, 0.2) is 0 Å². The number of rotatable bonds is 5. The van der Waals surface area contributed by atoms with Gasteiger partial charge in [0.25, 0.3) is 0 Å². The Bertz CT molecular complexity index is 419. The van der Waals surface area contributed by atoms with Crippen molar-refractivity contribution in [3.8, 4) is 0 Å². The molecule has 0 bridgehead atoms. The van der Waals surface area contributed by atoms with E-state index in [0.29, 0.717) is 0 Å². The van der Waals surface area contributed by atoms with Crippen LogP contribution in [0.4, 0.5) is 4.39 Å². The van der Waals surface area contributed by atoms with E-state index < -0.39 is 22.4 Å². The summed E-state index contributed by atoms with van der Waals surface area (Å²) in [7, 11) is -3.51. The summed E-state index contributed by atoms with van der Waals surface area (Å²) in [5.41, 5.74) is 0.277. The highest BCUT2D eigenvalue weighted by Crippen LogP contribution is 2.05. The number of hydrogen-bond donors (Lipinski definition) is 2. The molecule has 0 radical (unpaired) electrons. The molecule has 1 rings (SSSR count). The third kappa shape index (κ3) is 3.94. The molecule has 1 aromatic rings. The molecular formula is C9H12FNO3S.